The van der Waals surface area contributed by atoms with Crippen molar-refractivity contribution in [3.05, 3.63) is 34.5 Å². The van der Waals surface area contributed by atoms with E-state index >= 15 is 0 Å². The fraction of sp³-hybridized carbons (Fsp3) is 0.467. The molecule has 0 aromatic carbocycles. The molecule has 2 aromatic heterocycles. The Morgan fingerprint density at radius 1 is 1.43 bits per heavy atom. The number of hydrogen-bond donors (Lipinski definition) is 2. The lowest BCUT2D eigenvalue weighted by Crippen LogP contribution is -2.39. The third-order valence-corrected chi connectivity index (χ3v) is 4.25. The number of nitrogens with one attached hydrogen (secondary N) is 1. The number of piperidine rings is 1. The van der Waals surface area contributed by atoms with Gasteiger partial charge >= 0.3 is 0 Å². The normalized spacial score (nSPS) is 18.2. The van der Waals surface area contributed by atoms with Crippen molar-refractivity contribution in [2.24, 2.45) is 5.73 Å². The first-order chi connectivity index (χ1) is 11.0. The third kappa shape index (κ3) is 2.84. The summed E-state index contributed by atoms with van der Waals surface area (Å²) in [7, 11) is 0. The van der Waals surface area contributed by atoms with Crippen LogP contribution in [-0.2, 0) is 0 Å². The van der Waals surface area contributed by atoms with Gasteiger partial charge in [0.15, 0.2) is 0 Å². The van der Waals surface area contributed by atoms with E-state index in [-0.39, 0.29) is 17.5 Å². The smallest absolute Gasteiger partial charge is 0.269 e. The highest BCUT2D eigenvalue weighted by atomic mass is 16.5. The minimum absolute atomic E-state index is 0.0689. The Balaban J connectivity index is 1.78. The van der Waals surface area contributed by atoms with Crippen molar-refractivity contribution in [1.29, 1.82) is 0 Å². The van der Waals surface area contributed by atoms with Crippen LogP contribution in [0.2, 0.25) is 0 Å². The number of nitrogens with zero attached hydrogens (tertiary/aromatic N) is 3. The number of amides is 2. The van der Waals surface area contributed by atoms with E-state index in [9.17, 15) is 9.59 Å². The zero-order chi connectivity index (χ0) is 16.6. The molecule has 2 aromatic rings. The van der Waals surface area contributed by atoms with Crippen LogP contribution in [0.3, 0.4) is 0 Å². The van der Waals surface area contributed by atoms with Gasteiger partial charge in [-0.25, -0.2) is 0 Å². The van der Waals surface area contributed by atoms with Crippen LogP contribution in [0, 0.1) is 13.8 Å². The first kappa shape index (κ1) is 15.3. The summed E-state index contributed by atoms with van der Waals surface area (Å²) >= 11 is 0. The standard InChI is InChI=1S/C15H19N5O3/c1-8-13(9(2)23-19-8)15(22)20-5-3-4-10(7-20)11-6-12(14(16)21)18-17-11/h6,10H,3-5,7H2,1-2H3,(H2,16,21)(H,17,18)/t10-/m1/s1. The van der Waals surface area contributed by atoms with Gasteiger partial charge in [0.25, 0.3) is 11.8 Å². The van der Waals surface area contributed by atoms with Crippen LogP contribution in [-0.4, -0.2) is 45.2 Å². The van der Waals surface area contributed by atoms with Gasteiger partial charge in [0.05, 0.1) is 5.69 Å². The van der Waals surface area contributed by atoms with Crippen molar-refractivity contribution in [2.45, 2.75) is 32.6 Å². The molecule has 0 radical (unpaired) electrons. The Labute approximate surface area is 133 Å². The molecule has 122 valence electrons. The molecule has 0 spiro atoms. The Kier molecular flexibility index (Phi) is 3.89. The lowest BCUT2D eigenvalue weighted by atomic mass is 9.94. The van der Waals surface area contributed by atoms with Gasteiger partial charge in [-0.1, -0.05) is 5.16 Å². The molecule has 3 heterocycles. The van der Waals surface area contributed by atoms with Crippen molar-refractivity contribution in [2.75, 3.05) is 13.1 Å². The summed E-state index contributed by atoms with van der Waals surface area (Å²) in [4.78, 5) is 25.7. The summed E-state index contributed by atoms with van der Waals surface area (Å²) in [6.07, 6.45) is 1.80. The van der Waals surface area contributed by atoms with Gasteiger partial charge in [0, 0.05) is 24.7 Å². The molecular formula is C15H19N5O3. The number of carbonyl (C=O) groups excluding carboxylic acids is 2. The second kappa shape index (κ2) is 5.86. The molecular weight excluding hydrogens is 298 g/mol. The van der Waals surface area contributed by atoms with Crippen LogP contribution in [0.15, 0.2) is 10.6 Å². The summed E-state index contributed by atoms with van der Waals surface area (Å²) in [5, 5.41) is 10.6. The lowest BCUT2D eigenvalue weighted by Gasteiger charge is -2.32. The van der Waals surface area contributed by atoms with Crippen molar-refractivity contribution >= 4 is 11.8 Å². The molecule has 0 aliphatic carbocycles. The van der Waals surface area contributed by atoms with Crippen molar-refractivity contribution < 1.29 is 14.1 Å². The van der Waals surface area contributed by atoms with Crippen LogP contribution >= 0.6 is 0 Å². The average Bonchev–Trinajstić information content (AvgIpc) is 3.14. The zero-order valence-electron chi connectivity index (χ0n) is 13.1. The molecule has 0 bridgehead atoms. The van der Waals surface area contributed by atoms with Gasteiger partial charge < -0.3 is 15.2 Å². The Morgan fingerprint density at radius 2 is 2.22 bits per heavy atom. The van der Waals surface area contributed by atoms with Gasteiger partial charge in [-0.2, -0.15) is 5.10 Å². The van der Waals surface area contributed by atoms with Crippen LogP contribution < -0.4 is 5.73 Å². The molecule has 1 aliphatic rings. The van der Waals surface area contributed by atoms with Crippen LogP contribution in [0.25, 0.3) is 0 Å². The maximum atomic E-state index is 12.7. The molecule has 1 aliphatic heterocycles. The van der Waals surface area contributed by atoms with E-state index < -0.39 is 5.91 Å². The first-order valence-electron chi connectivity index (χ1n) is 7.54. The second-order valence-electron chi connectivity index (χ2n) is 5.86. The fourth-order valence-electron chi connectivity index (χ4n) is 3.03. The molecule has 1 saturated heterocycles. The van der Waals surface area contributed by atoms with Gasteiger partial charge in [0.1, 0.15) is 17.0 Å². The third-order valence-electron chi connectivity index (χ3n) is 4.25. The molecule has 0 unspecified atom stereocenters. The number of rotatable bonds is 3. The molecule has 2 amide bonds. The quantitative estimate of drug-likeness (QED) is 0.879. The number of likely N-dealkylation sites (tertiary alicyclic amines) is 1. The number of H-pyrrole nitrogens is 1. The van der Waals surface area contributed by atoms with E-state index in [0.717, 1.165) is 18.5 Å². The molecule has 1 fully saturated rings. The highest BCUT2D eigenvalue weighted by Crippen LogP contribution is 2.27. The topological polar surface area (TPSA) is 118 Å². The Hall–Kier alpha value is -2.64. The van der Waals surface area contributed by atoms with E-state index in [0.29, 0.717) is 30.1 Å². The highest BCUT2D eigenvalue weighted by Gasteiger charge is 2.29. The summed E-state index contributed by atoms with van der Waals surface area (Å²) in [6.45, 7) is 4.75. The van der Waals surface area contributed by atoms with Gasteiger partial charge in [-0.05, 0) is 32.8 Å². The number of aromatic amines is 1. The van der Waals surface area contributed by atoms with Crippen molar-refractivity contribution in [1.82, 2.24) is 20.3 Å². The van der Waals surface area contributed by atoms with Crippen LogP contribution in [0.1, 0.15) is 56.8 Å². The lowest BCUT2D eigenvalue weighted by molar-refractivity contribution is 0.0703. The predicted molar refractivity (Wildman–Crippen MR) is 81.0 cm³/mol. The maximum absolute atomic E-state index is 12.7. The van der Waals surface area contributed by atoms with Gasteiger partial charge in [-0.3, -0.25) is 14.7 Å². The number of carbonyl (C=O) groups is 2. The Bertz CT molecular complexity index is 729. The number of aryl methyl sites for hydroxylation is 2. The number of aromatic nitrogens is 3. The highest BCUT2D eigenvalue weighted by molar-refractivity contribution is 5.96. The Morgan fingerprint density at radius 3 is 2.83 bits per heavy atom. The molecule has 8 heteroatoms. The zero-order valence-corrected chi connectivity index (χ0v) is 13.1. The fourth-order valence-corrected chi connectivity index (χ4v) is 3.03. The van der Waals surface area contributed by atoms with E-state index in [4.69, 9.17) is 10.3 Å². The van der Waals surface area contributed by atoms with Crippen LogP contribution in [0.5, 0.6) is 0 Å². The van der Waals surface area contributed by atoms with Gasteiger partial charge in [-0.15, -0.1) is 0 Å². The van der Waals surface area contributed by atoms with E-state index in [1.807, 2.05) is 0 Å². The van der Waals surface area contributed by atoms with E-state index in [1.54, 1.807) is 24.8 Å². The summed E-state index contributed by atoms with van der Waals surface area (Å²) in [6, 6.07) is 1.66. The van der Waals surface area contributed by atoms with Gasteiger partial charge in [0.2, 0.25) is 0 Å². The first-order valence-corrected chi connectivity index (χ1v) is 7.54. The predicted octanol–water partition coefficient (Wildman–Crippen LogP) is 1.13. The summed E-state index contributed by atoms with van der Waals surface area (Å²) in [5.74, 6) is 0.00787. The number of nitrogens with two attached hydrogens (primary N) is 1. The minimum atomic E-state index is -0.563. The van der Waals surface area contributed by atoms with Crippen molar-refractivity contribution in [3.63, 3.8) is 0 Å². The molecule has 23 heavy (non-hydrogen) atoms. The second-order valence-corrected chi connectivity index (χ2v) is 5.86. The minimum Gasteiger partial charge on any atom is -0.364 e. The SMILES string of the molecule is Cc1noc(C)c1C(=O)N1CCC[C@@H](c2cc(C(N)=O)n[nH]2)C1. The molecule has 8 nitrogen and oxygen atoms in total. The molecule has 3 rings (SSSR count). The van der Waals surface area contributed by atoms with Crippen molar-refractivity contribution in [3.8, 4) is 0 Å². The summed E-state index contributed by atoms with van der Waals surface area (Å²) < 4.78 is 5.08. The molecule has 3 N–H and O–H groups in total. The maximum Gasteiger partial charge on any atom is 0.269 e. The monoisotopic (exact) mass is 317 g/mol. The van der Waals surface area contributed by atoms with E-state index in [1.165, 1.54) is 0 Å². The average molecular weight is 317 g/mol. The largest absolute Gasteiger partial charge is 0.364 e. The number of hydrogen-bond acceptors (Lipinski definition) is 5. The van der Waals surface area contributed by atoms with E-state index in [2.05, 4.69) is 15.4 Å². The molecule has 0 saturated carbocycles. The number of primary amides is 1. The summed E-state index contributed by atoms with van der Waals surface area (Å²) in [5.41, 5.74) is 7.41. The molecule has 1 atom stereocenters. The van der Waals surface area contributed by atoms with Crippen LogP contribution in [0.4, 0.5) is 0 Å².